The smallest absolute Gasteiger partial charge is 0.330 e. The van der Waals surface area contributed by atoms with Crippen molar-refractivity contribution in [3.05, 3.63) is 12.7 Å². The minimum absolute atomic E-state index is 0.182. The summed E-state index contributed by atoms with van der Waals surface area (Å²) in [5.41, 5.74) is -0.553. The van der Waals surface area contributed by atoms with Gasteiger partial charge in [-0.25, -0.2) is 4.79 Å². The van der Waals surface area contributed by atoms with Crippen molar-refractivity contribution in [2.45, 2.75) is 32.2 Å². The number of carbonyl (C=O) groups excluding carboxylic acids is 1. The maximum atomic E-state index is 10.8. The highest BCUT2D eigenvalue weighted by atomic mass is 16.8. The summed E-state index contributed by atoms with van der Waals surface area (Å²) in [4.78, 5) is 10.8. The molecule has 1 heterocycles. The first kappa shape index (κ1) is 11.2. The number of esters is 1. The Hall–Kier alpha value is -0.870. The maximum absolute atomic E-state index is 10.8. The Morgan fingerprint density at radius 3 is 2.64 bits per heavy atom. The summed E-state index contributed by atoms with van der Waals surface area (Å²) in [6.07, 6.45) is 1.13. The van der Waals surface area contributed by atoms with Gasteiger partial charge in [-0.3, -0.25) is 0 Å². The van der Waals surface area contributed by atoms with E-state index < -0.39 is 17.4 Å². The van der Waals surface area contributed by atoms with Crippen LogP contribution in [0.4, 0.5) is 0 Å². The quantitative estimate of drug-likeness (QED) is 0.508. The number of hydrogen-bond donors (Lipinski definition) is 0. The SMILES string of the molecule is C=CC(=O)OCC1(C)COC(C)(C)O1. The number of rotatable bonds is 3. The Balaban J connectivity index is 2.45. The molecule has 0 spiro atoms. The van der Waals surface area contributed by atoms with Crippen molar-refractivity contribution in [1.29, 1.82) is 0 Å². The molecular weight excluding hydrogens is 184 g/mol. The minimum atomic E-state index is -0.602. The predicted molar refractivity (Wildman–Crippen MR) is 50.7 cm³/mol. The zero-order valence-corrected chi connectivity index (χ0v) is 8.83. The molecule has 0 aliphatic carbocycles. The molecule has 0 saturated carbocycles. The fourth-order valence-corrected chi connectivity index (χ4v) is 1.33. The summed E-state index contributed by atoms with van der Waals surface area (Å²) < 4.78 is 15.9. The lowest BCUT2D eigenvalue weighted by atomic mass is 10.1. The second-order valence-electron chi connectivity index (χ2n) is 4.05. The Kier molecular flexibility index (Phi) is 2.97. The molecule has 1 saturated heterocycles. The molecular formula is C10H16O4. The predicted octanol–water partition coefficient (Wildman–Crippen LogP) is 1.26. The summed E-state index contributed by atoms with van der Waals surface area (Å²) in [7, 11) is 0. The number of hydrogen-bond acceptors (Lipinski definition) is 4. The maximum Gasteiger partial charge on any atom is 0.330 e. The van der Waals surface area contributed by atoms with Gasteiger partial charge in [0.25, 0.3) is 0 Å². The van der Waals surface area contributed by atoms with E-state index in [2.05, 4.69) is 6.58 Å². The van der Waals surface area contributed by atoms with Gasteiger partial charge in [0.1, 0.15) is 12.2 Å². The highest BCUT2D eigenvalue weighted by Gasteiger charge is 2.42. The lowest BCUT2D eigenvalue weighted by Crippen LogP contribution is -2.36. The van der Waals surface area contributed by atoms with Crippen molar-refractivity contribution in [1.82, 2.24) is 0 Å². The van der Waals surface area contributed by atoms with Gasteiger partial charge in [0.05, 0.1) is 6.61 Å². The van der Waals surface area contributed by atoms with Gasteiger partial charge in [-0.05, 0) is 20.8 Å². The van der Waals surface area contributed by atoms with E-state index in [0.717, 1.165) is 6.08 Å². The molecule has 14 heavy (non-hydrogen) atoms. The first-order valence-corrected chi connectivity index (χ1v) is 4.50. The van der Waals surface area contributed by atoms with Crippen LogP contribution in [0.3, 0.4) is 0 Å². The van der Waals surface area contributed by atoms with E-state index in [9.17, 15) is 4.79 Å². The number of carbonyl (C=O) groups is 1. The Morgan fingerprint density at radius 2 is 2.21 bits per heavy atom. The van der Waals surface area contributed by atoms with Crippen molar-refractivity contribution in [2.24, 2.45) is 0 Å². The molecule has 0 aromatic rings. The molecule has 0 aromatic heterocycles. The Labute approximate surface area is 83.8 Å². The standard InChI is InChI=1S/C10H16O4/c1-5-8(11)12-6-10(4)7-13-9(2,3)14-10/h5H,1,6-7H2,2-4H3. The minimum Gasteiger partial charge on any atom is -0.459 e. The lowest BCUT2D eigenvalue weighted by molar-refractivity contribution is -0.173. The molecule has 80 valence electrons. The summed E-state index contributed by atoms with van der Waals surface area (Å²) in [6.45, 7) is 9.41. The topological polar surface area (TPSA) is 44.8 Å². The van der Waals surface area contributed by atoms with Crippen LogP contribution in [0.1, 0.15) is 20.8 Å². The largest absolute Gasteiger partial charge is 0.459 e. The van der Waals surface area contributed by atoms with Crippen molar-refractivity contribution < 1.29 is 19.0 Å². The van der Waals surface area contributed by atoms with Crippen molar-refractivity contribution in [2.75, 3.05) is 13.2 Å². The molecule has 0 bridgehead atoms. The zero-order valence-electron chi connectivity index (χ0n) is 8.83. The van der Waals surface area contributed by atoms with Crippen LogP contribution in [0.5, 0.6) is 0 Å². The van der Waals surface area contributed by atoms with E-state index in [0.29, 0.717) is 6.61 Å². The van der Waals surface area contributed by atoms with Gasteiger partial charge >= 0.3 is 5.97 Å². The summed E-state index contributed by atoms with van der Waals surface area (Å²) in [6, 6.07) is 0. The zero-order chi connectivity index (χ0) is 10.8. The van der Waals surface area contributed by atoms with Gasteiger partial charge in [-0.1, -0.05) is 6.58 Å². The van der Waals surface area contributed by atoms with Crippen LogP contribution in [0, 0.1) is 0 Å². The molecule has 1 aliphatic rings. The molecule has 0 N–H and O–H groups in total. The summed E-state index contributed by atoms with van der Waals surface area (Å²) in [5.74, 6) is -1.05. The molecule has 4 nitrogen and oxygen atoms in total. The van der Waals surface area contributed by atoms with Crippen molar-refractivity contribution in [3.8, 4) is 0 Å². The third-order valence-corrected chi connectivity index (χ3v) is 1.90. The van der Waals surface area contributed by atoms with E-state index in [1.54, 1.807) is 0 Å². The van der Waals surface area contributed by atoms with Crippen LogP contribution in [0.25, 0.3) is 0 Å². The van der Waals surface area contributed by atoms with Crippen LogP contribution in [-0.4, -0.2) is 30.6 Å². The highest BCUT2D eigenvalue weighted by molar-refractivity contribution is 5.81. The summed E-state index contributed by atoms with van der Waals surface area (Å²) >= 11 is 0. The van der Waals surface area contributed by atoms with Crippen LogP contribution in [0.15, 0.2) is 12.7 Å². The monoisotopic (exact) mass is 200 g/mol. The average molecular weight is 200 g/mol. The molecule has 1 aliphatic heterocycles. The van der Waals surface area contributed by atoms with Crippen LogP contribution >= 0.6 is 0 Å². The van der Waals surface area contributed by atoms with E-state index in [1.165, 1.54) is 0 Å². The van der Waals surface area contributed by atoms with Gasteiger partial charge in [0, 0.05) is 6.08 Å². The van der Waals surface area contributed by atoms with E-state index in [1.807, 2.05) is 20.8 Å². The highest BCUT2D eigenvalue weighted by Crippen LogP contribution is 2.30. The fourth-order valence-electron chi connectivity index (χ4n) is 1.33. The van der Waals surface area contributed by atoms with Gasteiger partial charge in [-0.15, -0.1) is 0 Å². The normalized spacial score (nSPS) is 29.9. The molecule has 4 heteroatoms. The molecule has 1 unspecified atom stereocenters. The van der Waals surface area contributed by atoms with Crippen molar-refractivity contribution >= 4 is 5.97 Å². The Bertz CT molecular complexity index is 247. The molecule has 0 amide bonds. The van der Waals surface area contributed by atoms with Gasteiger partial charge < -0.3 is 14.2 Å². The molecule has 0 aromatic carbocycles. The van der Waals surface area contributed by atoms with Crippen LogP contribution in [0.2, 0.25) is 0 Å². The summed E-state index contributed by atoms with van der Waals surface area (Å²) in [5, 5.41) is 0. The van der Waals surface area contributed by atoms with E-state index in [-0.39, 0.29) is 6.61 Å². The first-order chi connectivity index (χ1) is 6.37. The Morgan fingerprint density at radius 1 is 1.57 bits per heavy atom. The van der Waals surface area contributed by atoms with Gasteiger partial charge in [-0.2, -0.15) is 0 Å². The first-order valence-electron chi connectivity index (χ1n) is 4.50. The van der Waals surface area contributed by atoms with Gasteiger partial charge in [0.15, 0.2) is 5.79 Å². The third-order valence-electron chi connectivity index (χ3n) is 1.90. The van der Waals surface area contributed by atoms with Crippen LogP contribution in [-0.2, 0) is 19.0 Å². The van der Waals surface area contributed by atoms with Crippen molar-refractivity contribution in [3.63, 3.8) is 0 Å². The van der Waals surface area contributed by atoms with E-state index >= 15 is 0 Å². The van der Waals surface area contributed by atoms with Crippen LogP contribution < -0.4 is 0 Å². The number of ether oxygens (including phenoxy) is 3. The third kappa shape index (κ3) is 2.82. The second kappa shape index (κ2) is 3.71. The fraction of sp³-hybridized carbons (Fsp3) is 0.700. The average Bonchev–Trinajstić information content (AvgIpc) is 2.37. The molecule has 1 rings (SSSR count). The molecule has 1 fully saturated rings. The molecule has 1 atom stereocenters. The van der Waals surface area contributed by atoms with E-state index in [4.69, 9.17) is 14.2 Å². The van der Waals surface area contributed by atoms with Gasteiger partial charge in [0.2, 0.25) is 0 Å². The second-order valence-corrected chi connectivity index (χ2v) is 4.05. The molecule has 0 radical (unpaired) electrons. The lowest BCUT2D eigenvalue weighted by Gasteiger charge is -2.24.